The van der Waals surface area contributed by atoms with Crippen LogP contribution in [0, 0.1) is 0 Å². The Morgan fingerprint density at radius 2 is 2.07 bits per heavy atom. The van der Waals surface area contributed by atoms with E-state index in [1.54, 1.807) is 12.1 Å². The van der Waals surface area contributed by atoms with Gasteiger partial charge in [0.05, 0.1) is 0 Å². The van der Waals surface area contributed by atoms with Crippen LogP contribution in [0.5, 0.6) is 0 Å². The molecule has 0 aliphatic heterocycles. The molecule has 0 aliphatic rings. The average Bonchev–Trinajstić information content (AvgIpc) is 2.17. The van der Waals surface area contributed by atoms with Gasteiger partial charge in [0.25, 0.3) is 0 Å². The molecule has 2 rings (SSSR count). The molecule has 1 unspecified atom stereocenters. The second-order valence-corrected chi connectivity index (χ2v) is 3.52. The maximum Gasteiger partial charge on any atom is 0.336 e. The van der Waals surface area contributed by atoms with Crippen LogP contribution in [0.1, 0.15) is 0 Å². The van der Waals surface area contributed by atoms with E-state index >= 15 is 0 Å². The Morgan fingerprint density at radius 3 is 2.80 bits per heavy atom. The summed E-state index contributed by atoms with van der Waals surface area (Å²) in [6.45, 7) is 0. The molecule has 1 aromatic heterocycles. The van der Waals surface area contributed by atoms with Gasteiger partial charge in [-0.15, -0.1) is 0 Å². The lowest BCUT2D eigenvalue weighted by Crippen LogP contribution is -2.02. The van der Waals surface area contributed by atoms with E-state index in [0.29, 0.717) is 16.7 Å². The third kappa shape index (κ3) is 2.23. The molecule has 0 radical (unpaired) electrons. The molecule has 0 saturated carbocycles. The molecule has 2 aromatic rings. The molecule has 78 valence electrons. The van der Waals surface area contributed by atoms with Crippen molar-refractivity contribution >= 4 is 27.9 Å². The molecular formula is C9H6NO4S-. The molecule has 6 heteroatoms. The van der Waals surface area contributed by atoms with Crippen molar-refractivity contribution in [3.63, 3.8) is 0 Å². The first kappa shape index (κ1) is 9.88. The zero-order valence-electron chi connectivity index (χ0n) is 7.43. The quantitative estimate of drug-likeness (QED) is 0.609. The predicted molar refractivity (Wildman–Crippen MR) is 55.0 cm³/mol. The fourth-order valence-corrected chi connectivity index (χ4v) is 1.55. The minimum absolute atomic E-state index is 0.421. The van der Waals surface area contributed by atoms with E-state index in [1.807, 2.05) is 0 Å². The van der Waals surface area contributed by atoms with Gasteiger partial charge in [0, 0.05) is 28.4 Å². The van der Waals surface area contributed by atoms with Gasteiger partial charge in [-0.3, -0.25) is 4.21 Å². The molecule has 1 aromatic carbocycles. The summed E-state index contributed by atoms with van der Waals surface area (Å²) in [5.41, 5.74) is 0.407. The van der Waals surface area contributed by atoms with Crippen molar-refractivity contribution in [3.8, 4) is 0 Å². The average molecular weight is 224 g/mol. The summed E-state index contributed by atoms with van der Waals surface area (Å²) in [4.78, 5) is 10.9. The Kier molecular flexibility index (Phi) is 2.53. The first-order valence-electron chi connectivity index (χ1n) is 4.05. The maximum absolute atomic E-state index is 10.9. The van der Waals surface area contributed by atoms with Crippen molar-refractivity contribution in [2.24, 2.45) is 0 Å². The smallest absolute Gasteiger partial charge is 0.336 e. The summed E-state index contributed by atoms with van der Waals surface area (Å²) in [5, 5.41) is 0.657. The first-order chi connectivity index (χ1) is 7.15. The highest BCUT2D eigenvalue weighted by Crippen LogP contribution is 2.17. The summed E-state index contributed by atoms with van der Waals surface area (Å²) in [5.74, 6) is 0. The third-order valence-corrected chi connectivity index (χ3v) is 2.22. The van der Waals surface area contributed by atoms with Crippen LogP contribution in [-0.2, 0) is 11.3 Å². The van der Waals surface area contributed by atoms with E-state index in [2.05, 4.69) is 4.72 Å². The minimum atomic E-state index is -2.36. The Labute approximate surface area is 87.1 Å². The Morgan fingerprint density at radius 1 is 1.27 bits per heavy atom. The van der Waals surface area contributed by atoms with Crippen LogP contribution in [-0.4, -0.2) is 8.76 Å². The van der Waals surface area contributed by atoms with Crippen molar-refractivity contribution in [1.29, 1.82) is 0 Å². The number of nitrogens with one attached hydrogen (secondary N) is 1. The monoisotopic (exact) mass is 224 g/mol. The van der Waals surface area contributed by atoms with Crippen molar-refractivity contribution in [1.82, 2.24) is 0 Å². The molecule has 0 amide bonds. The van der Waals surface area contributed by atoms with E-state index in [0.717, 1.165) is 0 Å². The van der Waals surface area contributed by atoms with Gasteiger partial charge >= 0.3 is 5.63 Å². The molecule has 15 heavy (non-hydrogen) atoms. The molecule has 1 N–H and O–H groups in total. The lowest BCUT2D eigenvalue weighted by molar-refractivity contribution is 0.542. The summed E-state index contributed by atoms with van der Waals surface area (Å²) >= 11 is -2.36. The first-order valence-corrected chi connectivity index (χ1v) is 5.12. The Bertz CT molecular complexity index is 578. The third-order valence-electron chi connectivity index (χ3n) is 1.82. The zero-order chi connectivity index (χ0) is 10.8. The van der Waals surface area contributed by atoms with Crippen LogP contribution < -0.4 is 10.3 Å². The highest BCUT2D eigenvalue weighted by molar-refractivity contribution is 7.80. The molecule has 5 nitrogen and oxygen atoms in total. The van der Waals surface area contributed by atoms with Gasteiger partial charge in [-0.05, 0) is 24.3 Å². The number of benzene rings is 1. The van der Waals surface area contributed by atoms with E-state index in [-0.39, 0.29) is 0 Å². The SMILES string of the molecule is O=c1ccc2cc(NS(=O)[O-])ccc2o1. The van der Waals surface area contributed by atoms with E-state index < -0.39 is 16.9 Å². The molecule has 0 fully saturated rings. The van der Waals surface area contributed by atoms with Gasteiger partial charge in [0.2, 0.25) is 0 Å². The van der Waals surface area contributed by atoms with Crippen molar-refractivity contribution in [2.45, 2.75) is 0 Å². The van der Waals surface area contributed by atoms with Crippen LogP contribution in [0.2, 0.25) is 0 Å². The highest BCUT2D eigenvalue weighted by atomic mass is 32.2. The van der Waals surface area contributed by atoms with Crippen molar-refractivity contribution in [3.05, 3.63) is 40.8 Å². The lowest BCUT2D eigenvalue weighted by atomic mass is 10.2. The molecule has 0 bridgehead atoms. The number of anilines is 1. The fourth-order valence-electron chi connectivity index (χ4n) is 1.23. The van der Waals surface area contributed by atoms with Crippen LogP contribution in [0.15, 0.2) is 39.5 Å². The normalized spacial score (nSPS) is 12.6. The standard InChI is InChI=1S/C9H7NO4S/c11-9-4-1-6-5-7(10-15(12)13)2-3-8(6)14-9/h1-5,10H,(H,12,13)/p-1. The molecule has 0 aliphatic carbocycles. The number of fused-ring (bicyclic) bond motifs is 1. The second kappa shape index (κ2) is 3.84. The Balaban J connectivity index is 2.52. The van der Waals surface area contributed by atoms with Crippen LogP contribution in [0.3, 0.4) is 0 Å². The van der Waals surface area contributed by atoms with Crippen molar-refractivity contribution in [2.75, 3.05) is 4.72 Å². The van der Waals surface area contributed by atoms with Crippen LogP contribution >= 0.6 is 0 Å². The van der Waals surface area contributed by atoms with Gasteiger partial charge in [0.15, 0.2) is 0 Å². The summed E-state index contributed by atoms with van der Waals surface area (Å²) in [6, 6.07) is 7.47. The molecule has 0 spiro atoms. The topological polar surface area (TPSA) is 82.4 Å². The van der Waals surface area contributed by atoms with Gasteiger partial charge in [-0.1, -0.05) is 0 Å². The molecule has 1 atom stereocenters. The van der Waals surface area contributed by atoms with Gasteiger partial charge in [-0.2, -0.15) is 0 Å². The molecule has 1 heterocycles. The predicted octanol–water partition coefficient (Wildman–Crippen LogP) is 0.999. The maximum atomic E-state index is 10.9. The molecular weight excluding hydrogens is 218 g/mol. The lowest BCUT2D eigenvalue weighted by Gasteiger charge is -2.08. The minimum Gasteiger partial charge on any atom is -0.755 e. The summed E-state index contributed by atoms with van der Waals surface area (Å²) in [6.07, 6.45) is 0. The summed E-state index contributed by atoms with van der Waals surface area (Å²) in [7, 11) is 0. The summed E-state index contributed by atoms with van der Waals surface area (Å²) < 4.78 is 27.8. The zero-order valence-corrected chi connectivity index (χ0v) is 8.24. The van der Waals surface area contributed by atoms with Crippen molar-refractivity contribution < 1.29 is 13.2 Å². The largest absolute Gasteiger partial charge is 0.755 e. The Hall–Kier alpha value is -1.66. The van der Waals surface area contributed by atoms with E-state index in [4.69, 9.17) is 4.42 Å². The van der Waals surface area contributed by atoms with E-state index in [9.17, 15) is 13.6 Å². The van der Waals surface area contributed by atoms with Crippen LogP contribution in [0.25, 0.3) is 11.0 Å². The number of hydrogen-bond acceptors (Lipinski definition) is 4. The van der Waals surface area contributed by atoms with Gasteiger partial charge in [0.1, 0.15) is 5.58 Å². The van der Waals surface area contributed by atoms with E-state index in [1.165, 1.54) is 18.2 Å². The molecule has 0 saturated heterocycles. The van der Waals surface area contributed by atoms with Gasteiger partial charge < -0.3 is 13.7 Å². The second-order valence-electron chi connectivity index (χ2n) is 2.84. The highest BCUT2D eigenvalue weighted by Gasteiger charge is 1.98. The number of hydrogen-bond donors (Lipinski definition) is 1. The number of rotatable bonds is 2. The van der Waals surface area contributed by atoms with Gasteiger partial charge in [-0.25, -0.2) is 4.79 Å². The van der Waals surface area contributed by atoms with Crippen LogP contribution in [0.4, 0.5) is 5.69 Å². The fraction of sp³-hybridized carbons (Fsp3) is 0.